The number of rotatable bonds is 4. The van der Waals surface area contributed by atoms with Crippen LogP contribution in [-0.2, 0) is 17.8 Å². The van der Waals surface area contributed by atoms with Gasteiger partial charge in [0.25, 0.3) is 0 Å². The number of aromatic nitrogens is 1. The van der Waals surface area contributed by atoms with E-state index in [0.29, 0.717) is 16.8 Å². The van der Waals surface area contributed by atoms with Crippen LogP contribution in [0.1, 0.15) is 46.2 Å². The van der Waals surface area contributed by atoms with Crippen LogP contribution >= 0.6 is 0 Å². The molecule has 0 bridgehead atoms. The van der Waals surface area contributed by atoms with Gasteiger partial charge in [0.15, 0.2) is 5.78 Å². The molecule has 1 N–H and O–H groups in total. The van der Waals surface area contributed by atoms with Crippen LogP contribution in [0.2, 0.25) is 0 Å². The molecule has 1 aromatic carbocycles. The second-order valence-corrected chi connectivity index (χ2v) is 6.15. The zero-order valence-electron chi connectivity index (χ0n) is 14.3. The van der Waals surface area contributed by atoms with Crippen molar-refractivity contribution in [3.63, 3.8) is 0 Å². The third-order valence-corrected chi connectivity index (χ3v) is 4.44. The second kappa shape index (κ2) is 6.78. The van der Waals surface area contributed by atoms with Gasteiger partial charge in [-0.1, -0.05) is 18.2 Å². The molecule has 2 aromatic rings. The fourth-order valence-corrected chi connectivity index (χ4v) is 3.32. The number of fused-ring (bicyclic) bond motifs is 1. The Balaban J connectivity index is 1.82. The number of carbonyl (C=O) groups excluding carboxylic acids is 2. The van der Waals surface area contributed by atoms with Gasteiger partial charge in [-0.2, -0.15) is 5.26 Å². The molecule has 0 saturated carbocycles. The Bertz CT molecular complexity index is 912. The third-order valence-electron chi connectivity index (χ3n) is 4.44. The van der Waals surface area contributed by atoms with Crippen molar-refractivity contribution in [2.24, 2.45) is 0 Å². The number of anilines is 1. The lowest BCUT2D eigenvalue weighted by Crippen LogP contribution is -2.05. The highest BCUT2D eigenvalue weighted by atomic mass is 16.1. The van der Waals surface area contributed by atoms with Gasteiger partial charge in [0.05, 0.1) is 11.1 Å². The van der Waals surface area contributed by atoms with Crippen LogP contribution in [0.25, 0.3) is 6.08 Å². The van der Waals surface area contributed by atoms with Gasteiger partial charge >= 0.3 is 0 Å². The molecular weight excluding hydrogens is 314 g/mol. The summed E-state index contributed by atoms with van der Waals surface area (Å²) < 4.78 is 2.09. The summed E-state index contributed by atoms with van der Waals surface area (Å²) in [6.07, 6.45) is 5.11. The third kappa shape index (κ3) is 3.24. The molecular formula is C20H19N3O2. The van der Waals surface area contributed by atoms with Crippen molar-refractivity contribution in [1.82, 2.24) is 4.57 Å². The van der Waals surface area contributed by atoms with Gasteiger partial charge in [-0.15, -0.1) is 0 Å². The molecule has 0 radical (unpaired) electrons. The minimum atomic E-state index is -0.151. The number of benzene rings is 1. The quantitative estimate of drug-likeness (QED) is 0.687. The molecule has 25 heavy (non-hydrogen) atoms. The van der Waals surface area contributed by atoms with Gasteiger partial charge in [0, 0.05) is 30.5 Å². The summed E-state index contributed by atoms with van der Waals surface area (Å²) in [5, 5.41) is 12.2. The van der Waals surface area contributed by atoms with Crippen LogP contribution in [0.4, 0.5) is 5.69 Å². The largest absolute Gasteiger partial charge is 0.347 e. The van der Waals surface area contributed by atoms with Crippen molar-refractivity contribution in [3.8, 4) is 6.07 Å². The van der Waals surface area contributed by atoms with E-state index in [9.17, 15) is 14.9 Å². The van der Waals surface area contributed by atoms with E-state index >= 15 is 0 Å². The van der Waals surface area contributed by atoms with E-state index in [4.69, 9.17) is 0 Å². The second-order valence-electron chi connectivity index (χ2n) is 6.15. The zero-order valence-corrected chi connectivity index (χ0v) is 14.3. The molecule has 0 saturated heterocycles. The lowest BCUT2D eigenvalue weighted by Gasteiger charge is -2.02. The highest BCUT2D eigenvalue weighted by Crippen LogP contribution is 2.29. The Labute approximate surface area is 146 Å². The smallest absolute Gasteiger partial charge is 0.221 e. The van der Waals surface area contributed by atoms with Crippen molar-refractivity contribution in [3.05, 3.63) is 58.4 Å². The Hall–Kier alpha value is -3.13. The Morgan fingerprint density at radius 1 is 1.28 bits per heavy atom. The number of nitriles is 1. The predicted molar refractivity (Wildman–Crippen MR) is 96.3 cm³/mol. The summed E-state index contributed by atoms with van der Waals surface area (Å²) in [5.41, 5.74) is 4.46. The molecule has 0 fully saturated rings. The number of nitrogens with zero attached hydrogens (tertiary/aromatic N) is 2. The van der Waals surface area contributed by atoms with Gasteiger partial charge < -0.3 is 9.88 Å². The SMILES string of the molecule is CC(=O)Nc1ccc(/C=C/C(=O)c2c(C#N)c3n(c2C)CCC3)cc1. The van der Waals surface area contributed by atoms with Gasteiger partial charge in [-0.3, -0.25) is 9.59 Å². The first kappa shape index (κ1) is 16.7. The van der Waals surface area contributed by atoms with Crippen LogP contribution in [-0.4, -0.2) is 16.3 Å². The molecule has 5 heteroatoms. The maximum atomic E-state index is 12.6. The highest BCUT2D eigenvalue weighted by Gasteiger charge is 2.26. The first-order valence-corrected chi connectivity index (χ1v) is 8.23. The van der Waals surface area contributed by atoms with Crippen LogP contribution in [0.3, 0.4) is 0 Å². The first-order valence-electron chi connectivity index (χ1n) is 8.23. The number of allylic oxidation sites excluding steroid dienone is 1. The minimum Gasteiger partial charge on any atom is -0.347 e. The van der Waals surface area contributed by atoms with Crippen molar-refractivity contribution in [2.75, 3.05) is 5.32 Å². The summed E-state index contributed by atoms with van der Waals surface area (Å²) >= 11 is 0. The summed E-state index contributed by atoms with van der Waals surface area (Å²) in [6.45, 7) is 4.23. The summed E-state index contributed by atoms with van der Waals surface area (Å²) in [6, 6.07) is 9.42. The van der Waals surface area contributed by atoms with Crippen molar-refractivity contribution in [1.29, 1.82) is 5.26 Å². The van der Waals surface area contributed by atoms with Crippen LogP contribution < -0.4 is 5.32 Å². The molecule has 3 rings (SSSR count). The van der Waals surface area contributed by atoms with E-state index in [1.54, 1.807) is 18.2 Å². The predicted octanol–water partition coefficient (Wildman–Crippen LogP) is 3.47. The van der Waals surface area contributed by atoms with E-state index in [0.717, 1.165) is 36.3 Å². The van der Waals surface area contributed by atoms with Gasteiger partial charge in [-0.25, -0.2) is 0 Å². The molecule has 126 valence electrons. The first-order chi connectivity index (χ1) is 12.0. The average molecular weight is 333 g/mol. The lowest BCUT2D eigenvalue weighted by atomic mass is 10.0. The summed E-state index contributed by atoms with van der Waals surface area (Å²) in [7, 11) is 0. The minimum absolute atomic E-state index is 0.125. The monoisotopic (exact) mass is 333 g/mol. The molecule has 0 aliphatic carbocycles. The van der Waals surface area contributed by atoms with Gasteiger partial charge in [-0.05, 0) is 43.5 Å². The Morgan fingerprint density at radius 2 is 2.00 bits per heavy atom. The maximum absolute atomic E-state index is 12.6. The standard InChI is InChI=1S/C20H19N3O2/c1-13-20(17(12-21)18-4-3-11-23(13)18)19(25)10-7-15-5-8-16(9-6-15)22-14(2)24/h5-10H,3-4,11H2,1-2H3,(H,22,24)/b10-7+. The van der Waals surface area contributed by atoms with Crippen LogP contribution in [0.5, 0.6) is 0 Å². The molecule has 1 amide bonds. The number of nitrogens with one attached hydrogen (secondary N) is 1. The lowest BCUT2D eigenvalue weighted by molar-refractivity contribution is -0.114. The summed E-state index contributed by atoms with van der Waals surface area (Å²) in [4.78, 5) is 23.7. The molecule has 1 aliphatic heterocycles. The topological polar surface area (TPSA) is 74.9 Å². The molecule has 5 nitrogen and oxygen atoms in total. The van der Waals surface area contributed by atoms with Gasteiger partial charge in [0.1, 0.15) is 6.07 Å². The van der Waals surface area contributed by atoms with E-state index in [2.05, 4.69) is 16.0 Å². The van der Waals surface area contributed by atoms with Crippen molar-refractivity contribution < 1.29 is 9.59 Å². The summed E-state index contributed by atoms with van der Waals surface area (Å²) in [5.74, 6) is -0.276. The number of hydrogen-bond acceptors (Lipinski definition) is 3. The fraction of sp³-hybridized carbons (Fsp3) is 0.250. The van der Waals surface area contributed by atoms with Crippen LogP contribution in [0.15, 0.2) is 30.3 Å². The number of ketones is 1. The molecule has 1 aromatic heterocycles. The molecule has 0 atom stereocenters. The average Bonchev–Trinajstić information content (AvgIpc) is 3.15. The maximum Gasteiger partial charge on any atom is 0.221 e. The Kier molecular flexibility index (Phi) is 4.53. The van der Waals surface area contributed by atoms with E-state index < -0.39 is 0 Å². The molecule has 0 unspecified atom stereocenters. The zero-order chi connectivity index (χ0) is 18.0. The molecule has 1 aliphatic rings. The van der Waals surface area contributed by atoms with Crippen molar-refractivity contribution in [2.45, 2.75) is 33.2 Å². The Morgan fingerprint density at radius 3 is 2.64 bits per heavy atom. The number of hydrogen-bond donors (Lipinski definition) is 1. The fourth-order valence-electron chi connectivity index (χ4n) is 3.32. The number of amides is 1. The molecule has 0 spiro atoms. The van der Waals surface area contributed by atoms with Crippen LogP contribution in [0, 0.1) is 18.3 Å². The van der Waals surface area contributed by atoms with Crippen molar-refractivity contribution >= 4 is 23.5 Å². The highest BCUT2D eigenvalue weighted by molar-refractivity contribution is 6.09. The van der Waals surface area contributed by atoms with E-state index in [1.807, 2.05) is 19.1 Å². The van der Waals surface area contributed by atoms with Gasteiger partial charge in [0.2, 0.25) is 5.91 Å². The number of carbonyl (C=O) groups is 2. The normalized spacial score (nSPS) is 12.8. The van der Waals surface area contributed by atoms with E-state index in [1.165, 1.54) is 13.0 Å². The van der Waals surface area contributed by atoms with E-state index in [-0.39, 0.29) is 11.7 Å². The molecule has 2 heterocycles.